The quantitative estimate of drug-likeness (QED) is 0.447. The third kappa shape index (κ3) is 3.09. The first kappa shape index (κ1) is 11.8. The standard InChI is InChI=1S/C13H18N2/c1-4-5-13(15-14)12-8-6-11(7-9-12)10(2)3/h1,6-10,13,15H,5,14H2,2-3H3. The van der Waals surface area contributed by atoms with Crippen molar-refractivity contribution in [2.45, 2.75) is 32.2 Å². The molecule has 0 aliphatic carbocycles. The van der Waals surface area contributed by atoms with Gasteiger partial charge in [-0.3, -0.25) is 11.3 Å². The predicted octanol–water partition coefficient (Wildman–Crippen LogP) is 2.34. The molecule has 0 spiro atoms. The van der Waals surface area contributed by atoms with Crippen LogP contribution in [-0.4, -0.2) is 0 Å². The molecule has 1 unspecified atom stereocenters. The largest absolute Gasteiger partial charge is 0.271 e. The molecule has 80 valence electrons. The Hall–Kier alpha value is -1.30. The number of nitrogens with one attached hydrogen (secondary N) is 1. The molecule has 1 atom stereocenters. The van der Waals surface area contributed by atoms with Gasteiger partial charge in [0, 0.05) is 6.42 Å². The molecule has 2 heteroatoms. The van der Waals surface area contributed by atoms with E-state index >= 15 is 0 Å². The summed E-state index contributed by atoms with van der Waals surface area (Å²) in [5, 5.41) is 0. The minimum Gasteiger partial charge on any atom is -0.271 e. The molecule has 3 N–H and O–H groups in total. The molecule has 1 aromatic carbocycles. The average molecular weight is 202 g/mol. The minimum absolute atomic E-state index is 0.0520. The maximum atomic E-state index is 5.44. The molecule has 0 amide bonds. The van der Waals surface area contributed by atoms with Crippen LogP contribution in [0.3, 0.4) is 0 Å². The molecule has 0 heterocycles. The molecule has 2 nitrogen and oxygen atoms in total. The van der Waals surface area contributed by atoms with Crippen LogP contribution in [0.5, 0.6) is 0 Å². The maximum absolute atomic E-state index is 5.44. The molecule has 0 aliphatic heterocycles. The van der Waals surface area contributed by atoms with E-state index in [0.717, 1.165) is 5.56 Å². The number of terminal acetylenes is 1. The number of hydrogen-bond acceptors (Lipinski definition) is 2. The van der Waals surface area contributed by atoms with Crippen molar-refractivity contribution in [2.75, 3.05) is 0 Å². The molecule has 0 saturated carbocycles. The Bertz CT molecular complexity index is 333. The van der Waals surface area contributed by atoms with Crippen molar-refractivity contribution in [3.05, 3.63) is 35.4 Å². The molecular weight excluding hydrogens is 184 g/mol. The summed E-state index contributed by atoms with van der Waals surface area (Å²) < 4.78 is 0. The van der Waals surface area contributed by atoms with Gasteiger partial charge in [0.2, 0.25) is 0 Å². The number of hydrogen-bond donors (Lipinski definition) is 2. The van der Waals surface area contributed by atoms with Gasteiger partial charge in [-0.05, 0) is 17.0 Å². The average Bonchev–Trinajstić information content (AvgIpc) is 2.26. The lowest BCUT2D eigenvalue weighted by molar-refractivity contribution is 0.568. The third-order valence-corrected chi connectivity index (χ3v) is 2.53. The number of rotatable bonds is 4. The van der Waals surface area contributed by atoms with Crippen LogP contribution >= 0.6 is 0 Å². The SMILES string of the molecule is C#CCC(NN)c1ccc(C(C)C)cc1. The van der Waals surface area contributed by atoms with Crippen LogP contribution in [0.25, 0.3) is 0 Å². The zero-order valence-corrected chi connectivity index (χ0v) is 9.33. The van der Waals surface area contributed by atoms with Gasteiger partial charge in [0.25, 0.3) is 0 Å². The molecule has 0 bridgehead atoms. The second-order valence-corrected chi connectivity index (χ2v) is 3.95. The fraction of sp³-hybridized carbons (Fsp3) is 0.385. The summed E-state index contributed by atoms with van der Waals surface area (Å²) in [6.45, 7) is 4.35. The normalized spacial score (nSPS) is 12.5. The molecule has 0 fully saturated rings. The molecule has 0 radical (unpaired) electrons. The summed E-state index contributed by atoms with van der Waals surface area (Å²) in [5.74, 6) is 8.61. The van der Waals surface area contributed by atoms with Crippen molar-refractivity contribution in [1.82, 2.24) is 5.43 Å². The smallest absolute Gasteiger partial charge is 0.0569 e. The van der Waals surface area contributed by atoms with Crippen LogP contribution in [0, 0.1) is 12.3 Å². The van der Waals surface area contributed by atoms with Gasteiger partial charge >= 0.3 is 0 Å². The van der Waals surface area contributed by atoms with Gasteiger partial charge in [-0.2, -0.15) is 0 Å². The Balaban J connectivity index is 2.83. The van der Waals surface area contributed by atoms with Gasteiger partial charge in [-0.15, -0.1) is 12.3 Å². The first-order valence-corrected chi connectivity index (χ1v) is 5.18. The van der Waals surface area contributed by atoms with Crippen LogP contribution in [0.1, 0.15) is 43.4 Å². The maximum Gasteiger partial charge on any atom is 0.0569 e. The molecule has 1 rings (SSSR count). The minimum atomic E-state index is 0.0520. The van der Waals surface area contributed by atoms with Crippen LogP contribution in [0.15, 0.2) is 24.3 Å². The first-order chi connectivity index (χ1) is 7.19. The van der Waals surface area contributed by atoms with Crippen molar-refractivity contribution < 1.29 is 0 Å². The fourth-order valence-electron chi connectivity index (χ4n) is 1.50. The van der Waals surface area contributed by atoms with E-state index < -0.39 is 0 Å². The number of benzene rings is 1. The van der Waals surface area contributed by atoms with Gasteiger partial charge in [0.15, 0.2) is 0 Å². The van der Waals surface area contributed by atoms with E-state index in [0.29, 0.717) is 12.3 Å². The highest BCUT2D eigenvalue weighted by molar-refractivity contribution is 5.27. The Morgan fingerprint density at radius 2 is 1.80 bits per heavy atom. The summed E-state index contributed by atoms with van der Waals surface area (Å²) >= 11 is 0. The van der Waals surface area contributed by atoms with Gasteiger partial charge < -0.3 is 0 Å². The van der Waals surface area contributed by atoms with Gasteiger partial charge in [-0.25, -0.2) is 0 Å². The summed E-state index contributed by atoms with van der Waals surface area (Å²) in [7, 11) is 0. The van der Waals surface area contributed by atoms with Crippen molar-refractivity contribution in [2.24, 2.45) is 5.84 Å². The lowest BCUT2D eigenvalue weighted by atomic mass is 9.98. The van der Waals surface area contributed by atoms with Crippen LogP contribution in [0.4, 0.5) is 0 Å². The summed E-state index contributed by atoms with van der Waals surface area (Å²) in [6, 6.07) is 8.46. The number of nitrogens with two attached hydrogens (primary N) is 1. The second kappa shape index (κ2) is 5.55. The molecule has 0 saturated heterocycles. The van der Waals surface area contributed by atoms with Gasteiger partial charge in [0.05, 0.1) is 6.04 Å². The molecule has 15 heavy (non-hydrogen) atoms. The summed E-state index contributed by atoms with van der Waals surface area (Å²) in [5.41, 5.74) is 5.19. The topological polar surface area (TPSA) is 38.0 Å². The van der Waals surface area contributed by atoms with E-state index in [-0.39, 0.29) is 6.04 Å². The Labute approximate surface area is 91.8 Å². The summed E-state index contributed by atoms with van der Waals surface area (Å²) in [4.78, 5) is 0. The van der Waals surface area contributed by atoms with Crippen molar-refractivity contribution in [1.29, 1.82) is 0 Å². The Kier molecular flexibility index (Phi) is 4.36. The zero-order valence-electron chi connectivity index (χ0n) is 9.33. The van der Waals surface area contributed by atoms with E-state index in [1.54, 1.807) is 0 Å². The Morgan fingerprint density at radius 1 is 1.27 bits per heavy atom. The van der Waals surface area contributed by atoms with Crippen molar-refractivity contribution in [3.8, 4) is 12.3 Å². The zero-order chi connectivity index (χ0) is 11.3. The molecule has 1 aromatic rings. The van der Waals surface area contributed by atoms with Crippen LogP contribution < -0.4 is 11.3 Å². The van der Waals surface area contributed by atoms with Crippen molar-refractivity contribution in [3.63, 3.8) is 0 Å². The predicted molar refractivity (Wildman–Crippen MR) is 64.0 cm³/mol. The lowest BCUT2D eigenvalue weighted by Gasteiger charge is -2.14. The van der Waals surface area contributed by atoms with Crippen LogP contribution in [0.2, 0.25) is 0 Å². The molecule has 0 aliphatic rings. The highest BCUT2D eigenvalue weighted by atomic mass is 15.2. The van der Waals surface area contributed by atoms with Gasteiger partial charge in [0.1, 0.15) is 0 Å². The highest BCUT2D eigenvalue weighted by Gasteiger charge is 2.08. The third-order valence-electron chi connectivity index (χ3n) is 2.53. The second-order valence-electron chi connectivity index (χ2n) is 3.95. The van der Waals surface area contributed by atoms with E-state index in [2.05, 4.69) is 49.5 Å². The summed E-state index contributed by atoms with van der Waals surface area (Å²) in [6.07, 6.45) is 5.88. The van der Waals surface area contributed by atoms with Crippen LogP contribution in [-0.2, 0) is 0 Å². The molecule has 0 aromatic heterocycles. The monoisotopic (exact) mass is 202 g/mol. The fourth-order valence-corrected chi connectivity index (χ4v) is 1.50. The Morgan fingerprint density at radius 3 is 2.20 bits per heavy atom. The van der Waals surface area contributed by atoms with Gasteiger partial charge in [-0.1, -0.05) is 38.1 Å². The van der Waals surface area contributed by atoms with E-state index in [9.17, 15) is 0 Å². The lowest BCUT2D eigenvalue weighted by Crippen LogP contribution is -2.27. The first-order valence-electron chi connectivity index (χ1n) is 5.18. The highest BCUT2D eigenvalue weighted by Crippen LogP contribution is 2.19. The molecular formula is C13H18N2. The van der Waals surface area contributed by atoms with E-state index in [1.165, 1.54) is 5.56 Å². The van der Waals surface area contributed by atoms with E-state index in [1.807, 2.05) is 0 Å². The van der Waals surface area contributed by atoms with Crippen molar-refractivity contribution >= 4 is 0 Å². The van der Waals surface area contributed by atoms with E-state index in [4.69, 9.17) is 12.3 Å². The number of hydrazine groups is 1.